The quantitative estimate of drug-likeness (QED) is 0.699. The molecule has 0 aliphatic carbocycles. The zero-order chi connectivity index (χ0) is 18.6. The maximum Gasteiger partial charge on any atom is 0.252 e. The molecule has 0 bridgehead atoms. The Morgan fingerprint density at radius 2 is 1.64 bits per heavy atom. The van der Waals surface area contributed by atoms with Gasteiger partial charge in [0, 0.05) is 18.5 Å². The van der Waals surface area contributed by atoms with Gasteiger partial charge < -0.3 is 14.2 Å². The molecule has 0 radical (unpaired) electrons. The zero-order valence-corrected chi connectivity index (χ0v) is 16.7. The van der Waals surface area contributed by atoms with Crippen LogP contribution < -0.4 is 14.2 Å². The molecular formula is C17H23NO5S2. The monoisotopic (exact) mass is 385 g/mol. The van der Waals surface area contributed by atoms with Crippen molar-refractivity contribution >= 4 is 21.4 Å². The van der Waals surface area contributed by atoms with E-state index in [1.165, 1.54) is 15.6 Å². The molecule has 0 saturated carbocycles. The highest BCUT2D eigenvalue weighted by atomic mass is 32.2. The smallest absolute Gasteiger partial charge is 0.252 e. The molecule has 0 fully saturated rings. The van der Waals surface area contributed by atoms with Gasteiger partial charge in [0.05, 0.1) is 21.3 Å². The average Bonchev–Trinajstić information content (AvgIpc) is 3.05. The van der Waals surface area contributed by atoms with Crippen LogP contribution in [0.4, 0.5) is 0 Å². The van der Waals surface area contributed by atoms with Gasteiger partial charge in [-0.3, -0.25) is 0 Å². The number of benzene rings is 1. The van der Waals surface area contributed by atoms with Crippen LogP contribution in [0.25, 0.3) is 0 Å². The van der Waals surface area contributed by atoms with E-state index in [4.69, 9.17) is 14.2 Å². The van der Waals surface area contributed by atoms with E-state index in [0.717, 1.165) is 10.4 Å². The second-order valence-corrected chi connectivity index (χ2v) is 9.03. The standard InChI is InChI=1S/C17H23NO5S2/c1-12-6-7-16(24-12)25(19,20)18(2)9-8-13-10-14(21-3)17(23-5)15(11-13)22-4/h6-7,10-11H,8-9H2,1-5H3. The number of sulfonamides is 1. The summed E-state index contributed by atoms with van der Waals surface area (Å²) in [7, 11) is 2.77. The van der Waals surface area contributed by atoms with E-state index in [0.29, 0.717) is 34.4 Å². The molecule has 0 saturated heterocycles. The molecule has 2 aromatic rings. The first-order chi connectivity index (χ1) is 11.8. The van der Waals surface area contributed by atoms with Gasteiger partial charge in [-0.15, -0.1) is 11.3 Å². The molecule has 0 atom stereocenters. The van der Waals surface area contributed by atoms with Crippen molar-refractivity contribution in [3.8, 4) is 17.2 Å². The van der Waals surface area contributed by atoms with Crippen LogP contribution in [0.3, 0.4) is 0 Å². The van der Waals surface area contributed by atoms with Gasteiger partial charge in [0.15, 0.2) is 11.5 Å². The minimum atomic E-state index is -3.47. The average molecular weight is 386 g/mol. The minimum Gasteiger partial charge on any atom is -0.493 e. The lowest BCUT2D eigenvalue weighted by atomic mass is 10.1. The number of rotatable bonds is 8. The Balaban J connectivity index is 2.18. The maximum atomic E-state index is 12.6. The Morgan fingerprint density at radius 3 is 2.08 bits per heavy atom. The Hall–Kier alpha value is -1.77. The number of hydrogen-bond donors (Lipinski definition) is 0. The summed E-state index contributed by atoms with van der Waals surface area (Å²) in [6, 6.07) is 7.12. The molecule has 138 valence electrons. The molecule has 2 rings (SSSR count). The van der Waals surface area contributed by atoms with Crippen molar-refractivity contribution in [2.75, 3.05) is 34.9 Å². The first-order valence-corrected chi connectivity index (χ1v) is 9.90. The topological polar surface area (TPSA) is 65.1 Å². The fourth-order valence-corrected chi connectivity index (χ4v) is 5.06. The molecule has 0 spiro atoms. The molecule has 0 aliphatic rings. The highest BCUT2D eigenvalue weighted by Gasteiger charge is 2.22. The van der Waals surface area contributed by atoms with Crippen molar-refractivity contribution in [3.05, 3.63) is 34.7 Å². The van der Waals surface area contributed by atoms with E-state index in [1.807, 2.05) is 25.1 Å². The van der Waals surface area contributed by atoms with Crippen LogP contribution in [0.2, 0.25) is 0 Å². The number of likely N-dealkylation sites (N-methyl/N-ethyl adjacent to an activating group) is 1. The Bertz CT molecular complexity index is 804. The van der Waals surface area contributed by atoms with Crippen molar-refractivity contribution in [3.63, 3.8) is 0 Å². The Morgan fingerprint density at radius 1 is 1.04 bits per heavy atom. The largest absolute Gasteiger partial charge is 0.493 e. The Labute approximate surface area is 153 Å². The molecule has 0 aliphatic heterocycles. The number of aryl methyl sites for hydroxylation is 1. The number of ether oxygens (including phenoxy) is 3. The predicted molar refractivity (Wildman–Crippen MR) is 98.7 cm³/mol. The van der Waals surface area contributed by atoms with Crippen molar-refractivity contribution < 1.29 is 22.6 Å². The normalized spacial score (nSPS) is 11.6. The lowest BCUT2D eigenvalue weighted by molar-refractivity contribution is 0.323. The summed E-state index contributed by atoms with van der Waals surface area (Å²) in [5.41, 5.74) is 0.902. The summed E-state index contributed by atoms with van der Waals surface area (Å²) >= 11 is 1.28. The SMILES string of the molecule is COc1cc(CCN(C)S(=O)(=O)c2ccc(C)s2)cc(OC)c1OC. The second kappa shape index (κ2) is 8.07. The van der Waals surface area contributed by atoms with Crippen LogP contribution in [0.15, 0.2) is 28.5 Å². The van der Waals surface area contributed by atoms with E-state index in [-0.39, 0.29) is 0 Å². The lowest BCUT2D eigenvalue weighted by Crippen LogP contribution is -2.28. The number of methoxy groups -OCH3 is 3. The van der Waals surface area contributed by atoms with Gasteiger partial charge in [-0.25, -0.2) is 8.42 Å². The van der Waals surface area contributed by atoms with E-state index >= 15 is 0 Å². The fourth-order valence-electron chi connectivity index (χ4n) is 2.39. The molecular weight excluding hydrogens is 362 g/mol. The molecule has 8 heteroatoms. The first kappa shape index (κ1) is 19.6. The molecule has 25 heavy (non-hydrogen) atoms. The summed E-state index contributed by atoms with van der Waals surface area (Å²) in [5.74, 6) is 1.62. The van der Waals surface area contributed by atoms with Gasteiger partial charge in [-0.2, -0.15) is 4.31 Å². The van der Waals surface area contributed by atoms with Gasteiger partial charge in [-0.1, -0.05) is 0 Å². The van der Waals surface area contributed by atoms with E-state index < -0.39 is 10.0 Å². The van der Waals surface area contributed by atoms with E-state index in [9.17, 15) is 8.42 Å². The molecule has 1 aromatic heterocycles. The van der Waals surface area contributed by atoms with Gasteiger partial charge in [0.2, 0.25) is 5.75 Å². The highest BCUT2D eigenvalue weighted by Crippen LogP contribution is 2.38. The summed E-state index contributed by atoms with van der Waals surface area (Å²) in [6.07, 6.45) is 0.525. The third-order valence-electron chi connectivity index (χ3n) is 3.82. The van der Waals surface area contributed by atoms with Crippen LogP contribution in [0.1, 0.15) is 10.4 Å². The molecule has 6 nitrogen and oxygen atoms in total. The van der Waals surface area contributed by atoms with Crippen molar-refractivity contribution in [1.82, 2.24) is 4.31 Å². The van der Waals surface area contributed by atoms with Gasteiger partial charge in [-0.05, 0) is 43.2 Å². The minimum absolute atomic E-state index is 0.345. The zero-order valence-electron chi connectivity index (χ0n) is 15.0. The van der Waals surface area contributed by atoms with Crippen LogP contribution >= 0.6 is 11.3 Å². The van der Waals surface area contributed by atoms with Crippen LogP contribution in [0, 0.1) is 6.92 Å². The van der Waals surface area contributed by atoms with E-state index in [1.54, 1.807) is 34.4 Å². The van der Waals surface area contributed by atoms with Gasteiger partial charge >= 0.3 is 0 Å². The predicted octanol–water partition coefficient (Wildman–Crippen LogP) is 2.95. The van der Waals surface area contributed by atoms with E-state index in [2.05, 4.69) is 0 Å². The fraction of sp³-hybridized carbons (Fsp3) is 0.412. The van der Waals surface area contributed by atoms with Gasteiger partial charge in [0.25, 0.3) is 10.0 Å². The summed E-state index contributed by atoms with van der Waals surface area (Å²) < 4.78 is 42.8. The van der Waals surface area contributed by atoms with Crippen LogP contribution in [-0.2, 0) is 16.4 Å². The lowest BCUT2D eigenvalue weighted by Gasteiger charge is -2.17. The van der Waals surface area contributed by atoms with Crippen LogP contribution in [-0.4, -0.2) is 47.6 Å². The summed E-state index contributed by atoms with van der Waals surface area (Å²) in [6.45, 7) is 2.23. The maximum absolute atomic E-state index is 12.6. The van der Waals surface area contributed by atoms with Crippen molar-refractivity contribution in [2.45, 2.75) is 17.6 Å². The molecule has 0 unspecified atom stereocenters. The van der Waals surface area contributed by atoms with Crippen molar-refractivity contribution in [1.29, 1.82) is 0 Å². The first-order valence-electron chi connectivity index (χ1n) is 7.65. The molecule has 0 amide bonds. The third-order valence-corrected chi connectivity index (χ3v) is 7.15. The number of hydrogen-bond acceptors (Lipinski definition) is 6. The number of thiophene rings is 1. The molecule has 1 aromatic carbocycles. The number of nitrogens with zero attached hydrogens (tertiary/aromatic N) is 1. The summed E-state index contributed by atoms with van der Waals surface area (Å²) in [5, 5.41) is 0. The van der Waals surface area contributed by atoms with Gasteiger partial charge in [0.1, 0.15) is 4.21 Å². The Kier molecular flexibility index (Phi) is 6.31. The van der Waals surface area contributed by atoms with Crippen molar-refractivity contribution in [2.24, 2.45) is 0 Å². The molecule has 0 N–H and O–H groups in total. The third kappa shape index (κ3) is 4.26. The second-order valence-electron chi connectivity index (χ2n) is 5.48. The van der Waals surface area contributed by atoms with Crippen LogP contribution in [0.5, 0.6) is 17.2 Å². The summed E-state index contributed by atoms with van der Waals surface area (Å²) in [4.78, 5) is 0.969. The molecule has 1 heterocycles. The highest BCUT2D eigenvalue weighted by molar-refractivity contribution is 7.91.